The maximum Gasteiger partial charge on any atom is 0.251 e. The Balaban J connectivity index is 1.36. The van der Waals surface area contributed by atoms with Gasteiger partial charge in [-0.1, -0.05) is 55.8 Å². The Bertz CT molecular complexity index is 1130. The molecule has 37 heavy (non-hydrogen) atoms. The highest BCUT2D eigenvalue weighted by molar-refractivity contribution is 6.30. The number of nitrogens with one attached hydrogen (secondary N) is 1. The number of rotatable bonds is 4. The second-order valence-electron chi connectivity index (χ2n) is 11.2. The first-order valence-electron chi connectivity index (χ1n) is 13.0. The second-order valence-corrected chi connectivity index (χ2v) is 11.6. The van der Waals surface area contributed by atoms with Crippen LogP contribution in [0.1, 0.15) is 55.5 Å². The molecule has 2 aliphatic heterocycles. The molecule has 2 heterocycles. The van der Waals surface area contributed by atoms with Gasteiger partial charge in [-0.3, -0.25) is 9.59 Å². The normalized spacial score (nSPS) is 28.7. The van der Waals surface area contributed by atoms with Gasteiger partial charge in [0.05, 0.1) is 24.7 Å². The number of halogens is 1. The number of hydrogen-bond donors (Lipinski definition) is 2. The number of benzene rings is 2. The summed E-state index contributed by atoms with van der Waals surface area (Å²) < 4.78 is 11.9. The molecule has 2 amide bonds. The smallest absolute Gasteiger partial charge is 0.251 e. The summed E-state index contributed by atoms with van der Waals surface area (Å²) >= 11 is 6.07. The summed E-state index contributed by atoms with van der Waals surface area (Å²) in [5, 5.41) is 15.5. The molecule has 2 aromatic carbocycles. The van der Waals surface area contributed by atoms with E-state index in [2.05, 4.69) is 5.32 Å². The number of piperidine rings is 1. The number of aliphatic hydroxyl groups is 1. The van der Waals surface area contributed by atoms with Crippen molar-refractivity contribution in [1.29, 1.82) is 0 Å². The van der Waals surface area contributed by atoms with Crippen molar-refractivity contribution in [2.75, 3.05) is 26.3 Å². The van der Waals surface area contributed by atoms with Crippen LogP contribution in [0.3, 0.4) is 0 Å². The van der Waals surface area contributed by atoms with E-state index >= 15 is 0 Å². The van der Waals surface area contributed by atoms with Crippen LogP contribution in [0.5, 0.6) is 0 Å². The van der Waals surface area contributed by atoms with Crippen molar-refractivity contribution in [2.45, 2.75) is 57.0 Å². The van der Waals surface area contributed by atoms with Gasteiger partial charge in [-0.15, -0.1) is 0 Å². The molecular formula is C29H35ClN2O5. The van der Waals surface area contributed by atoms with E-state index in [4.69, 9.17) is 21.1 Å². The van der Waals surface area contributed by atoms with Gasteiger partial charge in [0.1, 0.15) is 0 Å². The Morgan fingerprint density at radius 2 is 1.70 bits per heavy atom. The van der Waals surface area contributed by atoms with Crippen LogP contribution in [-0.2, 0) is 19.9 Å². The lowest BCUT2D eigenvalue weighted by atomic mass is 9.66. The quantitative estimate of drug-likeness (QED) is 0.625. The lowest BCUT2D eigenvalue weighted by molar-refractivity contribution is -0.197. The fourth-order valence-corrected chi connectivity index (χ4v) is 6.32. The van der Waals surface area contributed by atoms with Gasteiger partial charge in [0.2, 0.25) is 5.91 Å². The molecule has 3 atom stereocenters. The Kier molecular flexibility index (Phi) is 7.09. The highest BCUT2D eigenvalue weighted by atomic mass is 35.5. The van der Waals surface area contributed by atoms with Gasteiger partial charge in [-0.2, -0.15) is 0 Å². The summed E-state index contributed by atoms with van der Waals surface area (Å²) in [7, 11) is 0. The van der Waals surface area contributed by atoms with Gasteiger partial charge in [0, 0.05) is 48.0 Å². The molecule has 1 aliphatic carbocycles. The highest BCUT2D eigenvalue weighted by Gasteiger charge is 2.53. The Hall–Kier alpha value is -2.45. The average molecular weight is 527 g/mol. The van der Waals surface area contributed by atoms with Gasteiger partial charge in [0.15, 0.2) is 5.79 Å². The molecule has 1 saturated carbocycles. The molecule has 0 unspecified atom stereocenters. The lowest BCUT2D eigenvalue weighted by Crippen LogP contribution is -2.60. The van der Waals surface area contributed by atoms with E-state index in [9.17, 15) is 14.7 Å². The zero-order valence-corrected chi connectivity index (χ0v) is 22.2. The lowest BCUT2D eigenvalue weighted by Gasteiger charge is -2.52. The van der Waals surface area contributed by atoms with Crippen LogP contribution in [0, 0.1) is 11.3 Å². The fraction of sp³-hybridized carbons (Fsp3) is 0.517. The van der Waals surface area contributed by atoms with E-state index in [1.807, 2.05) is 49.1 Å². The molecule has 5 rings (SSSR count). The Labute approximate surface area is 223 Å². The number of hydrogen-bond acceptors (Lipinski definition) is 5. The van der Waals surface area contributed by atoms with Gasteiger partial charge in [-0.25, -0.2) is 0 Å². The van der Waals surface area contributed by atoms with Crippen molar-refractivity contribution < 1.29 is 24.2 Å². The van der Waals surface area contributed by atoms with Crippen LogP contribution in [0.4, 0.5) is 0 Å². The number of ether oxygens (including phenoxy) is 2. The number of carbonyl (C=O) groups excluding carboxylic acids is 2. The minimum atomic E-state index is -1.10. The van der Waals surface area contributed by atoms with Crippen molar-refractivity contribution in [1.82, 2.24) is 10.2 Å². The Morgan fingerprint density at radius 1 is 1.03 bits per heavy atom. The summed E-state index contributed by atoms with van der Waals surface area (Å²) in [4.78, 5) is 28.9. The highest BCUT2D eigenvalue weighted by Crippen LogP contribution is 2.47. The van der Waals surface area contributed by atoms with E-state index < -0.39 is 22.7 Å². The molecular weight excluding hydrogens is 492 g/mol. The van der Waals surface area contributed by atoms with Crippen molar-refractivity contribution in [3.05, 3.63) is 70.7 Å². The van der Waals surface area contributed by atoms with E-state index in [1.165, 1.54) is 0 Å². The van der Waals surface area contributed by atoms with Crippen LogP contribution in [-0.4, -0.2) is 60.0 Å². The molecule has 3 fully saturated rings. The van der Waals surface area contributed by atoms with Crippen LogP contribution in [0.2, 0.25) is 5.02 Å². The Morgan fingerprint density at radius 3 is 2.35 bits per heavy atom. The maximum absolute atomic E-state index is 14.1. The minimum Gasteiger partial charge on any atom is -0.384 e. The third-order valence-electron chi connectivity index (χ3n) is 8.42. The van der Waals surface area contributed by atoms with Gasteiger partial charge in [-0.05, 0) is 42.7 Å². The summed E-state index contributed by atoms with van der Waals surface area (Å²) in [5.41, 5.74) is -0.341. The molecule has 8 heteroatoms. The number of amides is 2. The van der Waals surface area contributed by atoms with Crippen molar-refractivity contribution >= 4 is 23.4 Å². The monoisotopic (exact) mass is 526 g/mol. The van der Waals surface area contributed by atoms with E-state index in [0.717, 1.165) is 5.56 Å². The number of carbonyl (C=O) groups is 2. The summed E-state index contributed by atoms with van der Waals surface area (Å²) in [5.74, 6) is -1.49. The molecule has 0 aromatic heterocycles. The molecule has 0 bridgehead atoms. The summed E-state index contributed by atoms with van der Waals surface area (Å²) in [6.07, 6.45) is 2.00. The third-order valence-corrected chi connectivity index (χ3v) is 8.67. The van der Waals surface area contributed by atoms with Crippen molar-refractivity contribution in [3.8, 4) is 0 Å². The van der Waals surface area contributed by atoms with Crippen molar-refractivity contribution in [2.24, 2.45) is 11.3 Å². The van der Waals surface area contributed by atoms with Crippen LogP contribution in [0.15, 0.2) is 54.6 Å². The summed E-state index contributed by atoms with van der Waals surface area (Å²) in [6, 6.07) is 16.0. The predicted molar refractivity (Wildman–Crippen MR) is 140 cm³/mol. The van der Waals surface area contributed by atoms with Crippen LogP contribution in [0.25, 0.3) is 0 Å². The van der Waals surface area contributed by atoms with E-state index in [-0.39, 0.29) is 17.9 Å². The molecule has 7 nitrogen and oxygen atoms in total. The predicted octanol–water partition coefficient (Wildman–Crippen LogP) is 4.13. The SMILES string of the molecule is CC1(C)CN(C(=O)[C@@H]2CC3(CC[C@H]2NC(=O)c2ccccc2)OCCO3)CC[C@]1(O)c1ccc(Cl)cc1. The molecule has 0 radical (unpaired) electrons. The molecule has 3 aliphatic rings. The van der Waals surface area contributed by atoms with E-state index in [1.54, 1.807) is 24.3 Å². The minimum absolute atomic E-state index is 0.0391. The molecule has 2 saturated heterocycles. The second kappa shape index (κ2) is 10.0. The van der Waals surface area contributed by atoms with Gasteiger partial charge < -0.3 is 24.8 Å². The van der Waals surface area contributed by atoms with Crippen molar-refractivity contribution in [3.63, 3.8) is 0 Å². The number of nitrogens with zero attached hydrogens (tertiary/aromatic N) is 1. The summed E-state index contributed by atoms with van der Waals surface area (Å²) in [6.45, 7) is 5.78. The zero-order chi connectivity index (χ0) is 26.3. The first-order chi connectivity index (χ1) is 17.6. The fourth-order valence-electron chi connectivity index (χ4n) is 6.19. The first-order valence-corrected chi connectivity index (χ1v) is 13.4. The molecule has 198 valence electrons. The first kappa shape index (κ1) is 26.2. The largest absolute Gasteiger partial charge is 0.384 e. The van der Waals surface area contributed by atoms with Crippen LogP contribution >= 0.6 is 11.6 Å². The molecule has 1 spiro atoms. The third kappa shape index (κ3) is 5.02. The van der Waals surface area contributed by atoms with Gasteiger partial charge in [0.25, 0.3) is 5.91 Å². The van der Waals surface area contributed by atoms with Crippen LogP contribution < -0.4 is 5.32 Å². The average Bonchev–Trinajstić information content (AvgIpc) is 3.35. The van der Waals surface area contributed by atoms with E-state index in [0.29, 0.717) is 62.6 Å². The molecule has 2 N–H and O–H groups in total. The number of likely N-dealkylation sites (tertiary alicyclic amines) is 1. The molecule has 2 aromatic rings. The van der Waals surface area contributed by atoms with Gasteiger partial charge >= 0.3 is 0 Å². The zero-order valence-electron chi connectivity index (χ0n) is 21.4. The maximum atomic E-state index is 14.1. The topological polar surface area (TPSA) is 88.1 Å². The standard InChI is InChI=1S/C29H35ClN2O5/c1-27(2)19-32(15-14-29(27,35)21-8-10-22(30)11-9-21)26(34)23-18-28(36-16-17-37-28)13-12-24(23)31-25(33)20-6-4-3-5-7-20/h3-11,23-24,35H,12-19H2,1-2H3,(H,31,33)/t23-,24-,29+/m1/s1.